The molecule has 0 radical (unpaired) electrons. The highest BCUT2D eigenvalue weighted by atomic mass is 16.4. The van der Waals surface area contributed by atoms with Crippen molar-refractivity contribution in [2.24, 2.45) is 5.92 Å². The van der Waals surface area contributed by atoms with Crippen molar-refractivity contribution in [1.82, 2.24) is 9.97 Å². The van der Waals surface area contributed by atoms with Gasteiger partial charge in [-0.3, -0.25) is 0 Å². The Balaban J connectivity index is 2.03. The molecular formula is C10H13N3O2. The van der Waals surface area contributed by atoms with Gasteiger partial charge in [0, 0.05) is 6.20 Å². The number of carbonyl (C=O) groups is 1. The van der Waals surface area contributed by atoms with Crippen molar-refractivity contribution in [3.05, 3.63) is 18.6 Å². The van der Waals surface area contributed by atoms with Crippen molar-refractivity contribution in [2.75, 3.05) is 5.32 Å². The van der Waals surface area contributed by atoms with Crippen LogP contribution in [0.3, 0.4) is 0 Å². The minimum atomic E-state index is -0.807. The van der Waals surface area contributed by atoms with Crippen molar-refractivity contribution in [1.29, 1.82) is 0 Å². The van der Waals surface area contributed by atoms with E-state index in [4.69, 9.17) is 5.11 Å². The van der Waals surface area contributed by atoms with E-state index in [2.05, 4.69) is 15.3 Å². The number of anilines is 1. The quantitative estimate of drug-likeness (QED) is 0.774. The first-order chi connectivity index (χ1) is 7.27. The molecule has 1 aromatic rings. The molecular weight excluding hydrogens is 194 g/mol. The first-order valence-corrected chi connectivity index (χ1v) is 5.03. The molecule has 80 valence electrons. The molecule has 2 N–H and O–H groups in total. The molecule has 1 aliphatic rings. The maximum absolute atomic E-state index is 11.0. The number of aliphatic carboxylic acids is 1. The average Bonchev–Trinajstić information content (AvgIpc) is 2.15. The van der Waals surface area contributed by atoms with Crippen molar-refractivity contribution < 1.29 is 9.90 Å². The van der Waals surface area contributed by atoms with Crippen LogP contribution in [0.2, 0.25) is 0 Å². The van der Waals surface area contributed by atoms with Crippen LogP contribution in [-0.2, 0) is 4.79 Å². The number of aromatic nitrogens is 2. The number of hydrogen-bond donors (Lipinski definition) is 2. The first-order valence-electron chi connectivity index (χ1n) is 5.03. The minimum Gasteiger partial charge on any atom is -0.480 e. The van der Waals surface area contributed by atoms with E-state index in [1.54, 1.807) is 12.3 Å². The van der Waals surface area contributed by atoms with Crippen LogP contribution in [0.1, 0.15) is 19.3 Å². The predicted octanol–water partition coefficient (Wildman–Crippen LogP) is 1.14. The maximum Gasteiger partial charge on any atom is 0.326 e. The normalized spacial score (nSPS) is 17.9. The number of rotatable bonds is 4. The van der Waals surface area contributed by atoms with Gasteiger partial charge in [0.05, 0.1) is 0 Å². The minimum absolute atomic E-state index is 0.234. The molecule has 0 aromatic carbocycles. The fourth-order valence-corrected chi connectivity index (χ4v) is 1.69. The average molecular weight is 207 g/mol. The second-order valence-electron chi connectivity index (χ2n) is 3.75. The molecule has 0 saturated heterocycles. The van der Waals surface area contributed by atoms with Gasteiger partial charge in [-0.25, -0.2) is 14.8 Å². The van der Waals surface area contributed by atoms with Gasteiger partial charge in [-0.15, -0.1) is 0 Å². The third-order valence-corrected chi connectivity index (χ3v) is 2.77. The topological polar surface area (TPSA) is 75.1 Å². The summed E-state index contributed by atoms with van der Waals surface area (Å²) in [5.41, 5.74) is 0. The summed E-state index contributed by atoms with van der Waals surface area (Å²) < 4.78 is 0. The van der Waals surface area contributed by atoms with E-state index in [1.807, 2.05) is 0 Å². The van der Waals surface area contributed by atoms with Crippen LogP contribution in [0, 0.1) is 5.92 Å². The van der Waals surface area contributed by atoms with Crippen LogP contribution < -0.4 is 5.32 Å². The van der Waals surface area contributed by atoms with Crippen molar-refractivity contribution in [2.45, 2.75) is 25.3 Å². The van der Waals surface area contributed by atoms with Crippen LogP contribution in [0.25, 0.3) is 0 Å². The molecule has 5 nitrogen and oxygen atoms in total. The van der Waals surface area contributed by atoms with Crippen molar-refractivity contribution in [3.63, 3.8) is 0 Å². The SMILES string of the molecule is O=C(O)C(Nc1ccncn1)C1CCC1. The molecule has 1 saturated carbocycles. The van der Waals surface area contributed by atoms with Gasteiger partial charge in [0.15, 0.2) is 0 Å². The van der Waals surface area contributed by atoms with Gasteiger partial charge in [-0.1, -0.05) is 6.42 Å². The molecule has 0 amide bonds. The Kier molecular flexibility index (Phi) is 2.80. The fourth-order valence-electron chi connectivity index (χ4n) is 1.69. The highest BCUT2D eigenvalue weighted by Crippen LogP contribution is 2.31. The van der Waals surface area contributed by atoms with Gasteiger partial charge >= 0.3 is 5.97 Å². The number of hydrogen-bond acceptors (Lipinski definition) is 4. The lowest BCUT2D eigenvalue weighted by Gasteiger charge is -2.31. The van der Waals surface area contributed by atoms with E-state index in [-0.39, 0.29) is 5.92 Å². The van der Waals surface area contributed by atoms with Crippen molar-refractivity contribution >= 4 is 11.8 Å². The third-order valence-electron chi connectivity index (χ3n) is 2.77. The van der Waals surface area contributed by atoms with Gasteiger partial charge in [0.25, 0.3) is 0 Å². The zero-order valence-corrected chi connectivity index (χ0v) is 8.26. The number of carboxylic acid groups (broad SMARTS) is 1. The van der Waals surface area contributed by atoms with Crippen LogP contribution in [0.15, 0.2) is 18.6 Å². The number of nitrogens with one attached hydrogen (secondary N) is 1. The predicted molar refractivity (Wildman–Crippen MR) is 54.4 cm³/mol. The Morgan fingerprint density at radius 1 is 1.60 bits per heavy atom. The zero-order chi connectivity index (χ0) is 10.7. The second kappa shape index (κ2) is 4.25. The van der Waals surface area contributed by atoms with Gasteiger partial charge in [-0.05, 0) is 24.8 Å². The number of nitrogens with zero attached hydrogens (tertiary/aromatic N) is 2. The molecule has 5 heteroatoms. The summed E-state index contributed by atoms with van der Waals surface area (Å²) in [7, 11) is 0. The molecule has 1 heterocycles. The molecule has 0 aliphatic heterocycles. The Bertz CT molecular complexity index is 338. The lowest BCUT2D eigenvalue weighted by molar-refractivity contribution is -0.139. The molecule has 1 unspecified atom stereocenters. The lowest BCUT2D eigenvalue weighted by Crippen LogP contribution is -2.40. The summed E-state index contributed by atoms with van der Waals surface area (Å²) in [6.07, 6.45) is 6.08. The molecule has 1 aromatic heterocycles. The highest BCUT2D eigenvalue weighted by Gasteiger charge is 2.32. The molecule has 1 fully saturated rings. The molecule has 2 rings (SSSR count). The third kappa shape index (κ3) is 2.23. The Morgan fingerprint density at radius 2 is 2.40 bits per heavy atom. The van der Waals surface area contributed by atoms with Gasteiger partial charge in [-0.2, -0.15) is 0 Å². The van der Waals surface area contributed by atoms with E-state index in [0.29, 0.717) is 5.82 Å². The van der Waals surface area contributed by atoms with Crippen LogP contribution in [0.5, 0.6) is 0 Å². The van der Waals surface area contributed by atoms with Gasteiger partial charge in [0.2, 0.25) is 0 Å². The van der Waals surface area contributed by atoms with E-state index >= 15 is 0 Å². The second-order valence-corrected chi connectivity index (χ2v) is 3.75. The van der Waals surface area contributed by atoms with Crippen LogP contribution in [-0.4, -0.2) is 27.1 Å². The summed E-state index contributed by atoms with van der Waals surface area (Å²) >= 11 is 0. The highest BCUT2D eigenvalue weighted by molar-refractivity contribution is 5.77. The van der Waals surface area contributed by atoms with Crippen LogP contribution >= 0.6 is 0 Å². The Hall–Kier alpha value is -1.65. The zero-order valence-electron chi connectivity index (χ0n) is 8.26. The maximum atomic E-state index is 11.0. The van der Waals surface area contributed by atoms with Gasteiger partial charge in [0.1, 0.15) is 18.2 Å². The molecule has 0 bridgehead atoms. The molecule has 15 heavy (non-hydrogen) atoms. The fraction of sp³-hybridized carbons (Fsp3) is 0.500. The Morgan fingerprint density at radius 3 is 2.87 bits per heavy atom. The number of carboxylic acids is 1. The van der Waals surface area contributed by atoms with Crippen LogP contribution in [0.4, 0.5) is 5.82 Å². The monoisotopic (exact) mass is 207 g/mol. The standard InChI is InChI=1S/C10H13N3O2/c14-10(15)9(7-2-1-3-7)13-8-4-5-11-6-12-8/h4-7,9H,1-3H2,(H,14,15)(H,11,12,13). The largest absolute Gasteiger partial charge is 0.480 e. The summed E-state index contributed by atoms with van der Waals surface area (Å²) in [4.78, 5) is 18.8. The van der Waals surface area contributed by atoms with E-state index in [9.17, 15) is 4.79 Å². The summed E-state index contributed by atoms with van der Waals surface area (Å²) in [6, 6.07) is 1.16. The first kappa shape index (κ1) is 9.89. The summed E-state index contributed by atoms with van der Waals surface area (Å²) in [5, 5.41) is 12.0. The summed E-state index contributed by atoms with van der Waals surface area (Å²) in [6.45, 7) is 0. The molecule has 1 atom stereocenters. The molecule has 1 aliphatic carbocycles. The van der Waals surface area contributed by atoms with E-state index < -0.39 is 12.0 Å². The van der Waals surface area contributed by atoms with E-state index in [1.165, 1.54) is 6.33 Å². The summed E-state index contributed by atoms with van der Waals surface area (Å²) in [5.74, 6) is 0.0000718. The van der Waals surface area contributed by atoms with Gasteiger partial charge < -0.3 is 10.4 Å². The molecule has 0 spiro atoms. The Labute approximate surface area is 87.6 Å². The van der Waals surface area contributed by atoms with Crippen molar-refractivity contribution in [3.8, 4) is 0 Å². The van der Waals surface area contributed by atoms with E-state index in [0.717, 1.165) is 19.3 Å². The smallest absolute Gasteiger partial charge is 0.326 e. The lowest BCUT2D eigenvalue weighted by atomic mass is 9.79.